The topological polar surface area (TPSA) is 84.5 Å². The maximum absolute atomic E-state index is 11.7. The molecule has 142 valence electrons. The average molecular weight is 378 g/mol. The van der Waals surface area contributed by atoms with Crippen molar-refractivity contribution in [3.05, 3.63) is 29.3 Å². The summed E-state index contributed by atoms with van der Waals surface area (Å²) in [7, 11) is 0. The highest BCUT2D eigenvalue weighted by Crippen LogP contribution is 2.21. The number of thioether (sulfide) groups is 1. The van der Waals surface area contributed by atoms with E-state index in [1.807, 2.05) is 6.07 Å². The van der Waals surface area contributed by atoms with Gasteiger partial charge in [0.15, 0.2) is 6.61 Å². The molecule has 0 atom stereocenters. The van der Waals surface area contributed by atoms with Gasteiger partial charge in [0.25, 0.3) is 5.91 Å². The van der Waals surface area contributed by atoms with Crippen LogP contribution >= 0.6 is 11.8 Å². The smallest absolute Gasteiger partial charge is 0.321 e. The first kappa shape index (κ1) is 20.3. The Hall–Kier alpha value is -2.02. The van der Waals surface area contributed by atoms with Crippen molar-refractivity contribution in [1.29, 1.82) is 0 Å². The quantitative estimate of drug-likeness (QED) is 0.563. The predicted molar refractivity (Wildman–Crippen MR) is 101 cm³/mol. The number of benzene rings is 1. The van der Waals surface area contributed by atoms with Crippen molar-refractivity contribution in [1.82, 2.24) is 10.6 Å². The zero-order valence-electron chi connectivity index (χ0n) is 15.3. The van der Waals surface area contributed by atoms with Crippen LogP contribution in [0.25, 0.3) is 0 Å². The van der Waals surface area contributed by atoms with Crippen LogP contribution in [0.2, 0.25) is 0 Å². The third-order valence-electron chi connectivity index (χ3n) is 4.36. The molecule has 2 rings (SSSR count). The zero-order valence-corrected chi connectivity index (χ0v) is 16.1. The standard InChI is InChI=1S/C19H26N2O4S/c1-13-7-8-16(11-14(13)2)26-10-9-18(23)25-12-17(22)21-19(24)20-15-5-3-4-6-15/h7-8,11,15H,3-6,9-10,12H2,1-2H3,(H2,20,21,22,24). The molecule has 1 aromatic carbocycles. The fraction of sp³-hybridized carbons (Fsp3) is 0.526. The first-order valence-corrected chi connectivity index (χ1v) is 9.88. The third-order valence-corrected chi connectivity index (χ3v) is 5.36. The molecule has 26 heavy (non-hydrogen) atoms. The van der Waals surface area contributed by atoms with E-state index in [1.165, 1.54) is 11.1 Å². The third kappa shape index (κ3) is 7.07. The second-order valence-electron chi connectivity index (χ2n) is 6.51. The van der Waals surface area contributed by atoms with Crippen molar-refractivity contribution in [3.8, 4) is 0 Å². The minimum Gasteiger partial charge on any atom is -0.456 e. The summed E-state index contributed by atoms with van der Waals surface area (Å²) in [5.41, 5.74) is 2.45. The summed E-state index contributed by atoms with van der Waals surface area (Å²) in [5.74, 6) is -0.492. The molecule has 3 amide bonds. The van der Waals surface area contributed by atoms with E-state index < -0.39 is 24.5 Å². The Kier molecular flexibility index (Phi) is 7.97. The number of amides is 3. The van der Waals surface area contributed by atoms with Crippen LogP contribution in [0.1, 0.15) is 43.2 Å². The van der Waals surface area contributed by atoms with E-state index in [1.54, 1.807) is 11.8 Å². The minimum absolute atomic E-state index is 0.132. The van der Waals surface area contributed by atoms with Gasteiger partial charge in [-0.15, -0.1) is 11.8 Å². The molecule has 1 aliphatic carbocycles. The monoisotopic (exact) mass is 378 g/mol. The summed E-state index contributed by atoms with van der Waals surface area (Å²) in [6, 6.07) is 5.77. The lowest BCUT2D eigenvalue weighted by Crippen LogP contribution is -2.45. The van der Waals surface area contributed by atoms with Gasteiger partial charge in [-0.2, -0.15) is 0 Å². The minimum atomic E-state index is -0.615. The molecule has 2 N–H and O–H groups in total. The number of nitrogens with one attached hydrogen (secondary N) is 2. The molecule has 6 nitrogen and oxygen atoms in total. The van der Waals surface area contributed by atoms with Crippen LogP contribution in [0.15, 0.2) is 23.1 Å². The van der Waals surface area contributed by atoms with Crippen LogP contribution in [0.3, 0.4) is 0 Å². The molecular weight excluding hydrogens is 352 g/mol. The number of carbonyl (C=O) groups excluding carboxylic acids is 3. The van der Waals surface area contributed by atoms with Gasteiger partial charge < -0.3 is 10.1 Å². The first-order valence-electron chi connectivity index (χ1n) is 8.90. The van der Waals surface area contributed by atoms with Crippen LogP contribution in [0, 0.1) is 13.8 Å². The number of hydrogen-bond acceptors (Lipinski definition) is 5. The molecule has 0 bridgehead atoms. The Morgan fingerprint density at radius 1 is 1.15 bits per heavy atom. The van der Waals surface area contributed by atoms with E-state index in [0.717, 1.165) is 30.6 Å². The maximum Gasteiger partial charge on any atom is 0.321 e. The SMILES string of the molecule is Cc1ccc(SCCC(=O)OCC(=O)NC(=O)NC2CCCC2)cc1C. The highest BCUT2D eigenvalue weighted by atomic mass is 32.2. The van der Waals surface area contributed by atoms with Gasteiger partial charge in [-0.3, -0.25) is 14.9 Å². The molecule has 1 saturated carbocycles. The fourth-order valence-corrected chi connectivity index (χ4v) is 3.66. The van der Waals surface area contributed by atoms with Gasteiger partial charge in [0, 0.05) is 16.7 Å². The Labute approximate surface area is 158 Å². The number of hydrogen-bond donors (Lipinski definition) is 2. The van der Waals surface area contributed by atoms with E-state index in [4.69, 9.17) is 4.74 Å². The van der Waals surface area contributed by atoms with Gasteiger partial charge in [-0.25, -0.2) is 4.79 Å². The second-order valence-corrected chi connectivity index (χ2v) is 7.68. The Balaban J connectivity index is 1.59. The van der Waals surface area contributed by atoms with Crippen LogP contribution in [-0.4, -0.2) is 36.3 Å². The highest BCUT2D eigenvalue weighted by Gasteiger charge is 2.18. The zero-order chi connectivity index (χ0) is 18.9. The van der Waals surface area contributed by atoms with Crippen LogP contribution in [0.5, 0.6) is 0 Å². The predicted octanol–water partition coefficient (Wildman–Crippen LogP) is 3.10. The van der Waals surface area contributed by atoms with Gasteiger partial charge in [0.1, 0.15) is 0 Å². The van der Waals surface area contributed by atoms with Crippen LogP contribution in [-0.2, 0) is 14.3 Å². The van der Waals surface area contributed by atoms with Crippen molar-refractivity contribution in [2.45, 2.75) is 56.9 Å². The van der Waals surface area contributed by atoms with Crippen molar-refractivity contribution in [2.75, 3.05) is 12.4 Å². The second kappa shape index (κ2) is 10.2. The highest BCUT2D eigenvalue weighted by molar-refractivity contribution is 7.99. The van der Waals surface area contributed by atoms with Gasteiger partial charge in [-0.1, -0.05) is 18.9 Å². The summed E-state index contributed by atoms with van der Waals surface area (Å²) in [6.45, 7) is 3.67. The maximum atomic E-state index is 11.7. The molecule has 0 saturated heterocycles. The first-order chi connectivity index (χ1) is 12.4. The summed E-state index contributed by atoms with van der Waals surface area (Å²) >= 11 is 1.57. The van der Waals surface area contributed by atoms with E-state index in [2.05, 4.69) is 36.6 Å². The molecule has 1 fully saturated rings. The normalized spacial score (nSPS) is 14.1. The molecule has 0 unspecified atom stereocenters. The number of esters is 1. The molecule has 7 heteroatoms. The van der Waals surface area contributed by atoms with Gasteiger partial charge in [0.2, 0.25) is 0 Å². The summed E-state index contributed by atoms with van der Waals surface area (Å²) in [5, 5.41) is 4.93. The van der Waals surface area contributed by atoms with Gasteiger partial charge in [-0.05, 0) is 49.9 Å². The largest absolute Gasteiger partial charge is 0.456 e. The molecule has 0 radical (unpaired) electrons. The molecule has 0 aromatic heterocycles. The van der Waals surface area contributed by atoms with E-state index in [9.17, 15) is 14.4 Å². The lowest BCUT2D eigenvalue weighted by Gasteiger charge is -2.12. The van der Waals surface area contributed by atoms with Crippen LogP contribution in [0.4, 0.5) is 4.79 Å². The average Bonchev–Trinajstić information content (AvgIpc) is 3.09. The molecule has 0 aliphatic heterocycles. The van der Waals surface area contributed by atoms with Gasteiger partial charge in [0.05, 0.1) is 6.42 Å². The van der Waals surface area contributed by atoms with E-state index >= 15 is 0 Å². The number of rotatable bonds is 7. The van der Waals surface area contributed by atoms with Crippen molar-refractivity contribution < 1.29 is 19.1 Å². The fourth-order valence-electron chi connectivity index (χ4n) is 2.73. The van der Waals surface area contributed by atoms with Crippen molar-refractivity contribution in [3.63, 3.8) is 0 Å². The molecular formula is C19H26N2O4S. The number of ether oxygens (including phenoxy) is 1. The number of aryl methyl sites for hydroxylation is 2. The Morgan fingerprint density at radius 2 is 1.88 bits per heavy atom. The van der Waals surface area contributed by atoms with Crippen molar-refractivity contribution >= 4 is 29.7 Å². The lowest BCUT2D eigenvalue weighted by molar-refractivity contribution is -0.147. The summed E-state index contributed by atoms with van der Waals surface area (Å²) in [4.78, 5) is 36.1. The van der Waals surface area contributed by atoms with Crippen LogP contribution < -0.4 is 10.6 Å². The summed E-state index contributed by atoms with van der Waals surface area (Å²) in [6.07, 6.45) is 4.27. The van der Waals surface area contributed by atoms with Crippen molar-refractivity contribution in [2.24, 2.45) is 0 Å². The molecule has 1 aromatic rings. The molecule has 0 heterocycles. The Morgan fingerprint density at radius 3 is 2.58 bits per heavy atom. The van der Waals surface area contributed by atoms with E-state index in [-0.39, 0.29) is 12.5 Å². The molecule has 1 aliphatic rings. The number of carbonyl (C=O) groups is 3. The van der Waals surface area contributed by atoms with E-state index in [0.29, 0.717) is 5.75 Å². The number of urea groups is 1. The molecule has 0 spiro atoms. The summed E-state index contributed by atoms with van der Waals surface area (Å²) < 4.78 is 4.91. The Bertz CT molecular complexity index is 657. The number of imide groups is 1. The van der Waals surface area contributed by atoms with Gasteiger partial charge >= 0.3 is 12.0 Å². The lowest BCUT2D eigenvalue weighted by atomic mass is 10.1.